The van der Waals surface area contributed by atoms with Crippen LogP contribution >= 0.6 is 0 Å². The van der Waals surface area contributed by atoms with E-state index in [0.29, 0.717) is 44.7 Å². The number of piperidine rings is 1. The second-order valence-corrected chi connectivity index (χ2v) is 6.83. The molecule has 1 amide bonds. The maximum absolute atomic E-state index is 13.1. The molecule has 6 nitrogen and oxygen atoms in total. The summed E-state index contributed by atoms with van der Waals surface area (Å²) in [5, 5.41) is 13.7. The van der Waals surface area contributed by atoms with Crippen molar-refractivity contribution in [1.29, 1.82) is 0 Å². The molecule has 4 rings (SSSR count). The molecule has 1 aromatic rings. The van der Waals surface area contributed by atoms with Crippen molar-refractivity contribution in [2.24, 2.45) is 5.92 Å². The first-order chi connectivity index (χ1) is 11.3. The maximum atomic E-state index is 13.1. The number of carbonyl (C=O) groups excluding carboxylic acids is 1. The standard InChI is InChI=1S/C15H18F3N3O3/c16-15(17,18)13-10-8-24-4-1-11(10)21(19-13)7-12(22)20-3-2-14(23)5-9(14)6-20/h9,23H,1-8H2/t9-,14+/m0/s1. The highest BCUT2D eigenvalue weighted by molar-refractivity contribution is 5.76. The third-order valence-corrected chi connectivity index (χ3v) is 5.26. The van der Waals surface area contributed by atoms with Gasteiger partial charge in [-0.3, -0.25) is 9.48 Å². The summed E-state index contributed by atoms with van der Waals surface area (Å²) >= 11 is 0. The van der Waals surface area contributed by atoms with Gasteiger partial charge >= 0.3 is 6.18 Å². The molecule has 0 bridgehead atoms. The second kappa shape index (κ2) is 5.19. The predicted octanol–water partition coefficient (Wildman–Crippen LogP) is 0.958. The Kier molecular flexibility index (Phi) is 3.44. The van der Waals surface area contributed by atoms with Crippen molar-refractivity contribution in [2.45, 2.75) is 44.2 Å². The predicted molar refractivity (Wildman–Crippen MR) is 74.8 cm³/mol. The Bertz CT molecular complexity index is 687. The van der Waals surface area contributed by atoms with Crippen LogP contribution in [-0.2, 0) is 35.3 Å². The van der Waals surface area contributed by atoms with Crippen LogP contribution in [-0.4, -0.2) is 51.0 Å². The number of aromatic nitrogens is 2. The molecule has 0 unspecified atom stereocenters. The van der Waals surface area contributed by atoms with E-state index in [9.17, 15) is 23.1 Å². The van der Waals surface area contributed by atoms with Crippen molar-refractivity contribution in [3.05, 3.63) is 17.0 Å². The van der Waals surface area contributed by atoms with E-state index < -0.39 is 17.5 Å². The summed E-state index contributed by atoms with van der Waals surface area (Å²) < 4.78 is 45.7. The molecule has 2 atom stereocenters. The fourth-order valence-electron chi connectivity index (χ4n) is 3.72. The SMILES string of the molecule is O=C(Cn1nc(C(F)(F)F)c2c1CCOC2)N1CC[C@@]2(O)C[C@H]2C1. The molecule has 1 saturated carbocycles. The summed E-state index contributed by atoms with van der Waals surface area (Å²) in [6, 6.07) is 0. The number of alkyl halides is 3. The lowest BCUT2D eigenvalue weighted by Crippen LogP contribution is -2.43. The fourth-order valence-corrected chi connectivity index (χ4v) is 3.72. The zero-order valence-corrected chi connectivity index (χ0v) is 13.0. The van der Waals surface area contributed by atoms with Crippen LogP contribution in [0.3, 0.4) is 0 Å². The van der Waals surface area contributed by atoms with Crippen molar-refractivity contribution in [3.63, 3.8) is 0 Å². The molecule has 3 aliphatic rings. The van der Waals surface area contributed by atoms with Gasteiger partial charge in [-0.05, 0) is 12.8 Å². The summed E-state index contributed by atoms with van der Waals surface area (Å²) in [4.78, 5) is 14.1. The van der Waals surface area contributed by atoms with Gasteiger partial charge in [0, 0.05) is 36.7 Å². The van der Waals surface area contributed by atoms with E-state index in [0.717, 1.165) is 0 Å². The van der Waals surface area contributed by atoms with Crippen LogP contribution in [0.2, 0.25) is 0 Å². The number of carbonyl (C=O) groups is 1. The van der Waals surface area contributed by atoms with Crippen molar-refractivity contribution in [2.75, 3.05) is 19.7 Å². The Labute approximate surface area is 136 Å². The Morgan fingerprint density at radius 2 is 2.25 bits per heavy atom. The molecule has 0 spiro atoms. The van der Waals surface area contributed by atoms with Crippen molar-refractivity contribution >= 4 is 5.91 Å². The number of ether oxygens (including phenoxy) is 1. The molecule has 132 valence electrons. The monoisotopic (exact) mass is 345 g/mol. The average molecular weight is 345 g/mol. The molecule has 0 aromatic carbocycles. The van der Waals surface area contributed by atoms with Gasteiger partial charge < -0.3 is 14.7 Å². The first-order valence-electron chi connectivity index (χ1n) is 8.01. The number of nitrogens with zero attached hydrogens (tertiary/aromatic N) is 3. The number of likely N-dealkylation sites (tertiary alicyclic amines) is 1. The number of fused-ring (bicyclic) bond motifs is 2. The van der Waals surface area contributed by atoms with Gasteiger partial charge in [0.05, 0.1) is 18.8 Å². The molecule has 2 fully saturated rings. The minimum absolute atomic E-state index is 0.0387. The maximum Gasteiger partial charge on any atom is 0.435 e. The topological polar surface area (TPSA) is 67.6 Å². The van der Waals surface area contributed by atoms with Gasteiger partial charge in [0.25, 0.3) is 0 Å². The van der Waals surface area contributed by atoms with E-state index in [1.807, 2.05) is 0 Å². The number of hydrogen-bond acceptors (Lipinski definition) is 4. The van der Waals surface area contributed by atoms with E-state index in [2.05, 4.69) is 5.10 Å². The van der Waals surface area contributed by atoms with Gasteiger partial charge in [0.1, 0.15) is 6.54 Å². The zero-order chi connectivity index (χ0) is 17.1. The number of amides is 1. The quantitative estimate of drug-likeness (QED) is 0.867. The van der Waals surface area contributed by atoms with Gasteiger partial charge in [0.2, 0.25) is 5.91 Å². The van der Waals surface area contributed by atoms with Crippen LogP contribution < -0.4 is 0 Å². The number of aliphatic hydroxyl groups is 1. The minimum atomic E-state index is -4.56. The highest BCUT2D eigenvalue weighted by Crippen LogP contribution is 2.49. The van der Waals surface area contributed by atoms with Crippen LogP contribution in [0.5, 0.6) is 0 Å². The van der Waals surface area contributed by atoms with Crippen molar-refractivity contribution in [1.82, 2.24) is 14.7 Å². The van der Waals surface area contributed by atoms with Crippen LogP contribution in [0, 0.1) is 5.92 Å². The molecular weight excluding hydrogens is 327 g/mol. The summed E-state index contributed by atoms with van der Waals surface area (Å²) in [6.07, 6.45) is -3.02. The van der Waals surface area contributed by atoms with Crippen molar-refractivity contribution < 1.29 is 27.8 Å². The summed E-state index contributed by atoms with van der Waals surface area (Å²) in [5.74, 6) is -0.157. The van der Waals surface area contributed by atoms with Gasteiger partial charge in [-0.1, -0.05) is 0 Å². The van der Waals surface area contributed by atoms with E-state index in [-0.39, 0.29) is 30.5 Å². The third-order valence-electron chi connectivity index (χ3n) is 5.26. The van der Waals surface area contributed by atoms with Crippen molar-refractivity contribution in [3.8, 4) is 0 Å². The molecular formula is C15H18F3N3O3. The average Bonchev–Trinajstić information content (AvgIpc) is 3.06. The van der Waals surface area contributed by atoms with Crippen LogP contribution in [0.4, 0.5) is 13.2 Å². The van der Waals surface area contributed by atoms with E-state index >= 15 is 0 Å². The van der Waals surface area contributed by atoms with E-state index in [4.69, 9.17) is 4.74 Å². The van der Waals surface area contributed by atoms with E-state index in [1.54, 1.807) is 4.90 Å². The highest BCUT2D eigenvalue weighted by atomic mass is 19.4. The smallest absolute Gasteiger partial charge is 0.389 e. The minimum Gasteiger partial charge on any atom is -0.389 e. The second-order valence-electron chi connectivity index (χ2n) is 6.83. The molecule has 9 heteroatoms. The fraction of sp³-hybridized carbons (Fsp3) is 0.733. The summed E-state index contributed by atoms with van der Waals surface area (Å²) in [5.41, 5.74) is -1.11. The molecule has 3 heterocycles. The van der Waals surface area contributed by atoms with Crippen LogP contribution in [0.25, 0.3) is 0 Å². The Morgan fingerprint density at radius 3 is 2.96 bits per heavy atom. The first kappa shape index (κ1) is 15.9. The summed E-state index contributed by atoms with van der Waals surface area (Å²) in [7, 11) is 0. The molecule has 24 heavy (non-hydrogen) atoms. The molecule has 1 aliphatic carbocycles. The first-order valence-corrected chi connectivity index (χ1v) is 8.01. The largest absolute Gasteiger partial charge is 0.435 e. The number of hydrogen-bond donors (Lipinski definition) is 1. The molecule has 1 N–H and O–H groups in total. The van der Waals surface area contributed by atoms with Gasteiger partial charge in [-0.25, -0.2) is 0 Å². The lowest BCUT2D eigenvalue weighted by atomic mass is 10.1. The normalized spacial score (nSPS) is 29.2. The molecule has 1 saturated heterocycles. The van der Waals surface area contributed by atoms with Crippen LogP contribution in [0.1, 0.15) is 29.8 Å². The lowest BCUT2D eigenvalue weighted by molar-refractivity contribution is -0.143. The molecule has 0 radical (unpaired) electrons. The van der Waals surface area contributed by atoms with Gasteiger partial charge in [-0.15, -0.1) is 0 Å². The Balaban J connectivity index is 1.54. The molecule has 1 aromatic heterocycles. The third kappa shape index (κ3) is 2.59. The van der Waals surface area contributed by atoms with Crippen LogP contribution in [0.15, 0.2) is 0 Å². The number of halogens is 3. The zero-order valence-electron chi connectivity index (χ0n) is 13.0. The Morgan fingerprint density at radius 1 is 1.46 bits per heavy atom. The summed E-state index contributed by atoms with van der Waals surface area (Å²) in [6.45, 7) is 0.891. The van der Waals surface area contributed by atoms with Gasteiger partial charge in [-0.2, -0.15) is 18.3 Å². The molecule has 2 aliphatic heterocycles. The highest BCUT2D eigenvalue weighted by Gasteiger charge is 2.56. The Hall–Kier alpha value is -1.61. The lowest BCUT2D eigenvalue weighted by Gasteiger charge is -2.29. The van der Waals surface area contributed by atoms with Gasteiger partial charge in [0.15, 0.2) is 5.69 Å². The van der Waals surface area contributed by atoms with E-state index in [1.165, 1.54) is 4.68 Å². The number of rotatable bonds is 2.